The summed E-state index contributed by atoms with van der Waals surface area (Å²) in [6.45, 7) is 0. The third kappa shape index (κ3) is 4.26. The van der Waals surface area contributed by atoms with Crippen LogP contribution in [0.15, 0.2) is 60.9 Å². The molecule has 5 rings (SSSR count). The van der Waals surface area contributed by atoms with Crippen molar-refractivity contribution >= 4 is 22.5 Å². The molecule has 0 bridgehead atoms. The van der Waals surface area contributed by atoms with Gasteiger partial charge in [-0.3, -0.25) is 9.78 Å². The van der Waals surface area contributed by atoms with Crippen LogP contribution in [0.25, 0.3) is 33.4 Å². The number of ketones is 1. The standard InChI is InChI=1S/C26H23FN4O2/c1-33-23-14-18(16-6-4-8-19(27)12-16)13-20-24(23)30-25(17-7-5-11-28-15-17)31-26(20)29-21-9-2-3-10-22(21)32/h4-8,11-15,21H,2-3,9-10H2,1H3,(H,29,30,31). The quantitative estimate of drug-likeness (QED) is 0.444. The van der Waals surface area contributed by atoms with Crippen LogP contribution in [0.1, 0.15) is 25.7 Å². The molecule has 2 heterocycles. The number of benzene rings is 2. The van der Waals surface area contributed by atoms with Crippen molar-refractivity contribution in [3.8, 4) is 28.3 Å². The molecule has 1 N–H and O–H groups in total. The van der Waals surface area contributed by atoms with E-state index in [0.717, 1.165) is 30.4 Å². The number of anilines is 1. The van der Waals surface area contributed by atoms with Crippen molar-refractivity contribution < 1.29 is 13.9 Å². The molecule has 0 spiro atoms. The second-order valence-electron chi connectivity index (χ2n) is 8.13. The number of carbonyl (C=O) groups is 1. The number of rotatable bonds is 5. The topological polar surface area (TPSA) is 77.0 Å². The fourth-order valence-electron chi connectivity index (χ4n) is 4.23. The number of ether oxygens (including phenoxy) is 1. The maximum Gasteiger partial charge on any atom is 0.163 e. The summed E-state index contributed by atoms with van der Waals surface area (Å²) in [5.74, 6) is 1.44. The van der Waals surface area contributed by atoms with Gasteiger partial charge in [0.1, 0.15) is 22.9 Å². The molecule has 1 atom stereocenters. The zero-order valence-corrected chi connectivity index (χ0v) is 18.2. The number of nitrogens with one attached hydrogen (secondary N) is 1. The number of Topliss-reactive ketones (excluding diaryl/α,β-unsaturated/α-hetero) is 1. The molecule has 0 radical (unpaired) electrons. The highest BCUT2D eigenvalue weighted by atomic mass is 19.1. The van der Waals surface area contributed by atoms with Gasteiger partial charge in [0.2, 0.25) is 0 Å². The van der Waals surface area contributed by atoms with E-state index in [9.17, 15) is 9.18 Å². The zero-order valence-electron chi connectivity index (χ0n) is 18.2. The molecule has 1 saturated carbocycles. The van der Waals surface area contributed by atoms with Gasteiger partial charge in [-0.1, -0.05) is 18.6 Å². The van der Waals surface area contributed by atoms with E-state index >= 15 is 0 Å². The number of aromatic nitrogens is 3. The highest BCUT2D eigenvalue weighted by molar-refractivity contribution is 5.99. The highest BCUT2D eigenvalue weighted by Gasteiger charge is 2.24. The van der Waals surface area contributed by atoms with Gasteiger partial charge in [-0.25, -0.2) is 14.4 Å². The van der Waals surface area contributed by atoms with Gasteiger partial charge in [0.25, 0.3) is 0 Å². The number of nitrogens with zero attached hydrogens (tertiary/aromatic N) is 3. The van der Waals surface area contributed by atoms with Gasteiger partial charge in [-0.15, -0.1) is 0 Å². The maximum absolute atomic E-state index is 13.9. The van der Waals surface area contributed by atoms with Crippen LogP contribution in [0.3, 0.4) is 0 Å². The van der Waals surface area contributed by atoms with Crippen LogP contribution < -0.4 is 10.1 Å². The maximum atomic E-state index is 13.9. The number of fused-ring (bicyclic) bond motifs is 1. The van der Waals surface area contributed by atoms with Crippen LogP contribution in [-0.2, 0) is 4.79 Å². The summed E-state index contributed by atoms with van der Waals surface area (Å²) in [5, 5.41) is 4.08. The van der Waals surface area contributed by atoms with Crippen LogP contribution in [-0.4, -0.2) is 33.9 Å². The molecule has 2 aromatic heterocycles. The van der Waals surface area contributed by atoms with E-state index in [0.29, 0.717) is 40.3 Å². The van der Waals surface area contributed by atoms with E-state index in [1.54, 1.807) is 25.6 Å². The second-order valence-corrected chi connectivity index (χ2v) is 8.13. The van der Waals surface area contributed by atoms with Crippen molar-refractivity contribution in [2.75, 3.05) is 12.4 Å². The predicted molar refractivity (Wildman–Crippen MR) is 126 cm³/mol. The van der Waals surface area contributed by atoms with Crippen LogP contribution in [0.5, 0.6) is 5.75 Å². The number of carbonyl (C=O) groups excluding carboxylic acids is 1. The van der Waals surface area contributed by atoms with Crippen molar-refractivity contribution in [2.45, 2.75) is 31.7 Å². The first-order chi connectivity index (χ1) is 16.1. The van der Waals surface area contributed by atoms with Crippen molar-refractivity contribution in [3.63, 3.8) is 0 Å². The summed E-state index contributed by atoms with van der Waals surface area (Å²) < 4.78 is 19.6. The van der Waals surface area contributed by atoms with Gasteiger partial charge in [0.05, 0.1) is 13.2 Å². The summed E-state index contributed by atoms with van der Waals surface area (Å²) in [5.41, 5.74) is 2.85. The third-order valence-corrected chi connectivity index (χ3v) is 5.93. The van der Waals surface area contributed by atoms with E-state index < -0.39 is 0 Å². The largest absolute Gasteiger partial charge is 0.494 e. The first-order valence-electron chi connectivity index (χ1n) is 11.0. The average Bonchev–Trinajstić information content (AvgIpc) is 2.85. The van der Waals surface area contributed by atoms with E-state index in [1.807, 2.05) is 30.3 Å². The summed E-state index contributed by atoms with van der Waals surface area (Å²) >= 11 is 0. The molecule has 0 aliphatic heterocycles. The van der Waals surface area contributed by atoms with Crippen LogP contribution in [0.2, 0.25) is 0 Å². The lowest BCUT2D eigenvalue weighted by Gasteiger charge is -2.23. The first kappa shape index (κ1) is 21.0. The van der Waals surface area contributed by atoms with Gasteiger partial charge in [0, 0.05) is 29.8 Å². The average molecular weight is 442 g/mol. The zero-order chi connectivity index (χ0) is 22.8. The summed E-state index contributed by atoms with van der Waals surface area (Å²) in [7, 11) is 1.58. The van der Waals surface area contributed by atoms with Crippen LogP contribution >= 0.6 is 0 Å². The van der Waals surface area contributed by atoms with E-state index in [1.165, 1.54) is 12.1 Å². The van der Waals surface area contributed by atoms with Crippen molar-refractivity contribution in [1.82, 2.24) is 15.0 Å². The Kier molecular flexibility index (Phi) is 5.69. The van der Waals surface area contributed by atoms with E-state index in [-0.39, 0.29) is 17.6 Å². The fourth-order valence-corrected chi connectivity index (χ4v) is 4.23. The van der Waals surface area contributed by atoms with Crippen LogP contribution in [0, 0.1) is 5.82 Å². The molecule has 0 saturated heterocycles. The van der Waals surface area contributed by atoms with Gasteiger partial charge < -0.3 is 10.1 Å². The molecule has 1 unspecified atom stereocenters. The Balaban J connectivity index is 1.72. The minimum Gasteiger partial charge on any atom is -0.494 e. The van der Waals surface area contributed by atoms with Crippen molar-refractivity contribution in [2.24, 2.45) is 0 Å². The lowest BCUT2D eigenvalue weighted by Crippen LogP contribution is -2.32. The van der Waals surface area contributed by atoms with Crippen molar-refractivity contribution in [1.29, 1.82) is 0 Å². The van der Waals surface area contributed by atoms with Crippen molar-refractivity contribution in [3.05, 3.63) is 66.7 Å². The first-order valence-corrected chi connectivity index (χ1v) is 11.0. The minimum absolute atomic E-state index is 0.184. The highest BCUT2D eigenvalue weighted by Crippen LogP contribution is 2.36. The molecule has 166 valence electrons. The van der Waals surface area contributed by atoms with Crippen LogP contribution in [0.4, 0.5) is 10.2 Å². The normalized spacial score (nSPS) is 16.1. The van der Waals surface area contributed by atoms with Gasteiger partial charge >= 0.3 is 0 Å². The number of hydrogen-bond acceptors (Lipinski definition) is 6. The monoisotopic (exact) mass is 442 g/mol. The number of halogens is 1. The van der Waals surface area contributed by atoms with Gasteiger partial charge in [-0.2, -0.15) is 0 Å². The molecule has 1 aliphatic rings. The molecule has 1 aliphatic carbocycles. The van der Waals surface area contributed by atoms with E-state index in [4.69, 9.17) is 14.7 Å². The lowest BCUT2D eigenvalue weighted by atomic mass is 9.94. The van der Waals surface area contributed by atoms with E-state index in [2.05, 4.69) is 10.3 Å². The molecule has 6 nitrogen and oxygen atoms in total. The number of hydrogen-bond donors (Lipinski definition) is 1. The molecular formula is C26H23FN4O2. The lowest BCUT2D eigenvalue weighted by molar-refractivity contribution is -0.121. The summed E-state index contributed by atoms with van der Waals surface area (Å²) in [6.07, 6.45) is 6.61. The Hall–Kier alpha value is -3.87. The Morgan fingerprint density at radius 2 is 1.91 bits per heavy atom. The molecule has 0 amide bonds. The molecule has 4 aromatic rings. The SMILES string of the molecule is COc1cc(-c2cccc(F)c2)cc2c(NC3CCCCC3=O)nc(-c3cccnc3)nc12. The predicted octanol–water partition coefficient (Wildman–Crippen LogP) is 5.43. The second kappa shape index (κ2) is 8.94. The molecule has 1 fully saturated rings. The molecule has 2 aromatic carbocycles. The van der Waals surface area contributed by atoms with Gasteiger partial charge in [-0.05, 0) is 60.4 Å². The smallest absolute Gasteiger partial charge is 0.163 e. The third-order valence-electron chi connectivity index (χ3n) is 5.93. The Labute approximate surface area is 190 Å². The minimum atomic E-state index is -0.319. The Bertz CT molecular complexity index is 1330. The molecule has 7 heteroatoms. The summed E-state index contributed by atoms with van der Waals surface area (Å²) in [6, 6.07) is 13.6. The fraction of sp³-hybridized carbons (Fsp3) is 0.231. The Morgan fingerprint density at radius 3 is 2.67 bits per heavy atom. The number of pyridine rings is 1. The molecular weight excluding hydrogens is 419 g/mol. The summed E-state index contributed by atoms with van der Waals surface area (Å²) in [4.78, 5) is 26.3. The Morgan fingerprint density at radius 1 is 1.03 bits per heavy atom. The molecule has 33 heavy (non-hydrogen) atoms. The van der Waals surface area contributed by atoms with Gasteiger partial charge in [0.15, 0.2) is 11.6 Å². The number of methoxy groups -OCH3 is 1.